The summed E-state index contributed by atoms with van der Waals surface area (Å²) in [7, 11) is 0. The average Bonchev–Trinajstić information content (AvgIpc) is 2.37. The van der Waals surface area contributed by atoms with Gasteiger partial charge in [0, 0.05) is 17.2 Å². The maximum atomic E-state index is 12.5. The number of hydrogen-bond acceptors (Lipinski definition) is 2. The van der Waals surface area contributed by atoms with Gasteiger partial charge in [-0.2, -0.15) is 13.2 Å². The van der Waals surface area contributed by atoms with Crippen LogP contribution in [0.25, 0.3) is 0 Å². The minimum atomic E-state index is -4.35. The van der Waals surface area contributed by atoms with Crippen molar-refractivity contribution in [2.45, 2.75) is 12.7 Å². The molecular formula is C13H10BrF3N2. The van der Waals surface area contributed by atoms with Gasteiger partial charge in [-0.05, 0) is 29.8 Å². The van der Waals surface area contributed by atoms with E-state index in [1.54, 1.807) is 0 Å². The third kappa shape index (κ3) is 3.96. The van der Waals surface area contributed by atoms with Gasteiger partial charge >= 0.3 is 6.18 Å². The van der Waals surface area contributed by atoms with E-state index in [4.69, 9.17) is 0 Å². The monoisotopic (exact) mass is 330 g/mol. The van der Waals surface area contributed by atoms with Gasteiger partial charge in [-0.25, -0.2) is 4.98 Å². The molecular weight excluding hydrogens is 321 g/mol. The Labute approximate surface area is 116 Å². The summed E-state index contributed by atoms with van der Waals surface area (Å²) in [6, 6.07) is 9.45. The van der Waals surface area contributed by atoms with E-state index in [9.17, 15) is 13.2 Å². The van der Waals surface area contributed by atoms with Crippen molar-refractivity contribution >= 4 is 21.7 Å². The molecule has 0 amide bonds. The summed E-state index contributed by atoms with van der Waals surface area (Å²) in [6.45, 7) is 0.418. The first-order chi connectivity index (χ1) is 8.95. The highest BCUT2D eigenvalue weighted by molar-refractivity contribution is 9.10. The van der Waals surface area contributed by atoms with Crippen LogP contribution in [0.5, 0.6) is 0 Å². The van der Waals surface area contributed by atoms with Crippen LogP contribution in [0.1, 0.15) is 11.1 Å². The summed E-state index contributed by atoms with van der Waals surface area (Å²) >= 11 is 3.32. The third-order valence-corrected chi connectivity index (χ3v) is 3.00. The molecule has 2 aromatic rings. The molecule has 1 N–H and O–H groups in total. The van der Waals surface area contributed by atoms with Crippen LogP contribution in [-0.4, -0.2) is 4.98 Å². The van der Waals surface area contributed by atoms with E-state index in [2.05, 4.69) is 26.2 Å². The third-order valence-electron chi connectivity index (χ3n) is 2.47. The first kappa shape index (κ1) is 13.9. The average molecular weight is 331 g/mol. The Kier molecular flexibility index (Phi) is 4.09. The van der Waals surface area contributed by atoms with Gasteiger partial charge in [-0.15, -0.1) is 0 Å². The lowest BCUT2D eigenvalue weighted by Crippen LogP contribution is -2.07. The molecule has 1 aromatic carbocycles. The van der Waals surface area contributed by atoms with E-state index in [1.807, 2.05) is 24.3 Å². The summed E-state index contributed by atoms with van der Waals surface area (Å²) in [6.07, 6.45) is -3.20. The lowest BCUT2D eigenvalue weighted by atomic mass is 10.2. The topological polar surface area (TPSA) is 24.9 Å². The SMILES string of the molecule is FC(F)(F)c1ccnc(NCc2ccc(Br)cc2)c1. The molecule has 0 bridgehead atoms. The largest absolute Gasteiger partial charge is 0.416 e. The van der Waals surface area contributed by atoms with Crippen molar-refractivity contribution in [2.24, 2.45) is 0 Å². The molecule has 0 aliphatic heterocycles. The number of hydrogen-bond donors (Lipinski definition) is 1. The van der Waals surface area contributed by atoms with Crippen LogP contribution < -0.4 is 5.32 Å². The van der Waals surface area contributed by atoms with Crippen LogP contribution in [0.4, 0.5) is 19.0 Å². The Balaban J connectivity index is 2.05. The molecule has 19 heavy (non-hydrogen) atoms. The van der Waals surface area contributed by atoms with Crippen molar-refractivity contribution in [3.8, 4) is 0 Å². The van der Waals surface area contributed by atoms with E-state index < -0.39 is 11.7 Å². The Morgan fingerprint density at radius 3 is 2.42 bits per heavy atom. The predicted molar refractivity (Wildman–Crippen MR) is 70.7 cm³/mol. The van der Waals surface area contributed by atoms with Crippen LogP contribution in [0.3, 0.4) is 0 Å². The molecule has 0 radical (unpaired) electrons. The molecule has 0 unspecified atom stereocenters. The lowest BCUT2D eigenvalue weighted by molar-refractivity contribution is -0.137. The second-order valence-electron chi connectivity index (χ2n) is 3.91. The fraction of sp³-hybridized carbons (Fsp3) is 0.154. The van der Waals surface area contributed by atoms with Gasteiger partial charge < -0.3 is 5.32 Å². The minimum absolute atomic E-state index is 0.206. The number of nitrogens with one attached hydrogen (secondary N) is 1. The molecule has 0 aliphatic carbocycles. The van der Waals surface area contributed by atoms with Gasteiger partial charge in [0.15, 0.2) is 0 Å². The van der Waals surface area contributed by atoms with Crippen molar-refractivity contribution in [3.63, 3.8) is 0 Å². The van der Waals surface area contributed by atoms with Crippen molar-refractivity contribution in [1.82, 2.24) is 4.98 Å². The highest BCUT2D eigenvalue weighted by Gasteiger charge is 2.30. The van der Waals surface area contributed by atoms with Crippen LogP contribution in [0.15, 0.2) is 47.1 Å². The summed E-state index contributed by atoms with van der Waals surface area (Å²) in [5.41, 5.74) is 0.253. The summed E-state index contributed by atoms with van der Waals surface area (Å²) in [5, 5.41) is 2.87. The standard InChI is InChI=1S/C13H10BrF3N2/c14-11-3-1-9(2-4-11)8-19-12-7-10(5-6-18-12)13(15,16)17/h1-7H,8H2,(H,18,19). The second kappa shape index (κ2) is 5.61. The van der Waals surface area contributed by atoms with E-state index in [0.717, 1.165) is 28.4 Å². The van der Waals surface area contributed by atoms with Gasteiger partial charge in [0.2, 0.25) is 0 Å². The quantitative estimate of drug-likeness (QED) is 0.897. The molecule has 0 saturated heterocycles. The molecule has 0 aliphatic rings. The van der Waals surface area contributed by atoms with Gasteiger partial charge in [-0.1, -0.05) is 28.1 Å². The fourth-order valence-electron chi connectivity index (χ4n) is 1.50. The number of alkyl halides is 3. The van der Waals surface area contributed by atoms with E-state index in [1.165, 1.54) is 0 Å². The van der Waals surface area contributed by atoms with Crippen LogP contribution in [-0.2, 0) is 12.7 Å². The first-order valence-electron chi connectivity index (χ1n) is 5.47. The van der Waals surface area contributed by atoms with Crippen molar-refractivity contribution < 1.29 is 13.2 Å². The first-order valence-corrected chi connectivity index (χ1v) is 6.26. The number of aromatic nitrogens is 1. The minimum Gasteiger partial charge on any atom is -0.366 e. The van der Waals surface area contributed by atoms with Crippen LogP contribution in [0.2, 0.25) is 0 Å². The Morgan fingerprint density at radius 1 is 1.11 bits per heavy atom. The maximum Gasteiger partial charge on any atom is 0.416 e. The zero-order chi connectivity index (χ0) is 13.9. The Bertz CT molecular complexity index is 553. The fourth-order valence-corrected chi connectivity index (χ4v) is 1.76. The Morgan fingerprint density at radius 2 is 1.79 bits per heavy atom. The zero-order valence-electron chi connectivity index (χ0n) is 9.71. The number of halogens is 4. The van der Waals surface area contributed by atoms with Crippen molar-refractivity contribution in [3.05, 3.63) is 58.2 Å². The molecule has 6 heteroatoms. The zero-order valence-corrected chi connectivity index (χ0v) is 11.3. The molecule has 0 fully saturated rings. The summed E-state index contributed by atoms with van der Waals surface area (Å²) in [5.74, 6) is 0.206. The molecule has 100 valence electrons. The summed E-state index contributed by atoms with van der Waals surface area (Å²) in [4.78, 5) is 3.87. The molecule has 0 saturated carbocycles. The van der Waals surface area contributed by atoms with Crippen LogP contribution >= 0.6 is 15.9 Å². The van der Waals surface area contributed by atoms with Gasteiger partial charge in [0.25, 0.3) is 0 Å². The highest BCUT2D eigenvalue weighted by Crippen LogP contribution is 2.29. The molecule has 1 heterocycles. The molecule has 1 aromatic heterocycles. The molecule has 0 atom stereocenters. The van der Waals surface area contributed by atoms with Crippen LogP contribution in [0, 0.1) is 0 Å². The second-order valence-corrected chi connectivity index (χ2v) is 4.82. The smallest absolute Gasteiger partial charge is 0.366 e. The number of nitrogens with zero attached hydrogens (tertiary/aromatic N) is 1. The van der Waals surface area contributed by atoms with Crippen molar-refractivity contribution in [2.75, 3.05) is 5.32 Å². The molecule has 2 nitrogen and oxygen atoms in total. The number of pyridine rings is 1. The van der Waals surface area contributed by atoms with Crippen molar-refractivity contribution in [1.29, 1.82) is 0 Å². The van der Waals surface area contributed by atoms with Gasteiger partial charge in [0.1, 0.15) is 5.82 Å². The number of rotatable bonds is 3. The van der Waals surface area contributed by atoms with Gasteiger partial charge in [-0.3, -0.25) is 0 Å². The predicted octanol–water partition coefficient (Wildman–Crippen LogP) is 4.48. The van der Waals surface area contributed by atoms with E-state index in [-0.39, 0.29) is 5.82 Å². The maximum absolute atomic E-state index is 12.5. The Hall–Kier alpha value is -1.56. The number of benzene rings is 1. The lowest BCUT2D eigenvalue weighted by Gasteiger charge is -2.09. The van der Waals surface area contributed by atoms with E-state index in [0.29, 0.717) is 6.54 Å². The molecule has 0 spiro atoms. The highest BCUT2D eigenvalue weighted by atomic mass is 79.9. The van der Waals surface area contributed by atoms with Gasteiger partial charge in [0.05, 0.1) is 5.56 Å². The number of anilines is 1. The van der Waals surface area contributed by atoms with E-state index >= 15 is 0 Å². The normalized spacial score (nSPS) is 11.4. The molecule has 2 rings (SSSR count). The summed E-state index contributed by atoms with van der Waals surface area (Å²) < 4.78 is 38.5.